The zero-order chi connectivity index (χ0) is 20.2. The Morgan fingerprint density at radius 1 is 1.38 bits per heavy atom. The molecule has 2 aromatic heterocycles. The standard InChI is InChI=1S/C20H21N5O4/c1-24-12-16(11-21-24)25-7-5-19(26)18(23-25)10-14-3-2-4-15(9-14)22-20(27)29-13-17-6-8-28-17/h2-5,7,9,11-12,17H,6,8,10,13H2,1H3,(H,22,27). The molecule has 9 nitrogen and oxygen atoms in total. The fourth-order valence-electron chi connectivity index (χ4n) is 2.93. The molecule has 1 aliphatic heterocycles. The van der Waals surface area contributed by atoms with Gasteiger partial charge in [0.05, 0.1) is 18.5 Å². The Morgan fingerprint density at radius 2 is 2.24 bits per heavy atom. The fraction of sp³-hybridized carbons (Fsp3) is 0.300. The summed E-state index contributed by atoms with van der Waals surface area (Å²) in [5.41, 5.74) is 2.45. The highest BCUT2D eigenvalue weighted by Gasteiger charge is 2.19. The number of carbonyl (C=O) groups is 1. The van der Waals surface area contributed by atoms with E-state index in [1.807, 2.05) is 25.4 Å². The van der Waals surface area contributed by atoms with Gasteiger partial charge in [0.15, 0.2) is 0 Å². The predicted molar refractivity (Wildman–Crippen MR) is 105 cm³/mol. The van der Waals surface area contributed by atoms with E-state index in [4.69, 9.17) is 9.47 Å². The van der Waals surface area contributed by atoms with Gasteiger partial charge in [-0.1, -0.05) is 12.1 Å². The van der Waals surface area contributed by atoms with E-state index in [-0.39, 0.29) is 18.1 Å². The highest BCUT2D eigenvalue weighted by atomic mass is 16.6. The average molecular weight is 395 g/mol. The number of anilines is 1. The molecule has 1 amide bonds. The highest BCUT2D eigenvalue weighted by molar-refractivity contribution is 5.84. The summed E-state index contributed by atoms with van der Waals surface area (Å²) in [6.45, 7) is 0.959. The van der Waals surface area contributed by atoms with Crippen LogP contribution in [-0.4, -0.2) is 45.0 Å². The van der Waals surface area contributed by atoms with Crippen molar-refractivity contribution in [3.05, 3.63) is 70.4 Å². The van der Waals surface area contributed by atoms with Crippen molar-refractivity contribution in [1.82, 2.24) is 19.6 Å². The lowest BCUT2D eigenvalue weighted by atomic mass is 10.1. The minimum atomic E-state index is -0.533. The molecule has 0 spiro atoms. The second-order valence-corrected chi connectivity index (χ2v) is 6.83. The van der Waals surface area contributed by atoms with Crippen molar-refractivity contribution in [1.29, 1.82) is 0 Å². The van der Waals surface area contributed by atoms with Crippen molar-refractivity contribution in [2.45, 2.75) is 18.9 Å². The van der Waals surface area contributed by atoms with Crippen LogP contribution in [0.15, 0.2) is 53.7 Å². The van der Waals surface area contributed by atoms with Gasteiger partial charge in [0.2, 0.25) is 5.43 Å². The lowest BCUT2D eigenvalue weighted by molar-refractivity contribution is -0.0783. The summed E-state index contributed by atoms with van der Waals surface area (Å²) < 4.78 is 13.7. The van der Waals surface area contributed by atoms with Crippen LogP contribution in [0.25, 0.3) is 5.69 Å². The molecule has 1 fully saturated rings. The Bertz CT molecular complexity index is 1070. The van der Waals surface area contributed by atoms with Crippen molar-refractivity contribution in [2.24, 2.45) is 7.05 Å². The maximum Gasteiger partial charge on any atom is 0.411 e. The molecule has 1 aromatic carbocycles. The van der Waals surface area contributed by atoms with Crippen LogP contribution in [0, 0.1) is 0 Å². The molecule has 0 saturated carbocycles. The van der Waals surface area contributed by atoms with Crippen LogP contribution >= 0.6 is 0 Å². The van der Waals surface area contributed by atoms with E-state index < -0.39 is 6.09 Å². The fourth-order valence-corrected chi connectivity index (χ4v) is 2.93. The zero-order valence-electron chi connectivity index (χ0n) is 15.9. The second-order valence-electron chi connectivity index (χ2n) is 6.83. The van der Waals surface area contributed by atoms with Gasteiger partial charge < -0.3 is 9.47 Å². The molecule has 1 unspecified atom stereocenters. The van der Waals surface area contributed by atoms with E-state index in [0.717, 1.165) is 17.7 Å². The quantitative estimate of drug-likeness (QED) is 0.684. The molecule has 150 valence electrons. The Labute approximate surface area is 166 Å². The van der Waals surface area contributed by atoms with Gasteiger partial charge in [-0.25, -0.2) is 9.48 Å². The SMILES string of the molecule is Cn1cc(-n2ccc(=O)c(Cc3cccc(NC(=O)OCC4CCO4)c3)n2)cn1. The smallest absolute Gasteiger partial charge is 0.411 e. The van der Waals surface area contributed by atoms with Crippen LogP contribution in [0.5, 0.6) is 0 Å². The number of rotatable bonds is 6. The first-order valence-corrected chi connectivity index (χ1v) is 9.29. The number of aryl methyl sites for hydroxylation is 1. The van der Waals surface area contributed by atoms with E-state index in [9.17, 15) is 9.59 Å². The van der Waals surface area contributed by atoms with Gasteiger partial charge in [-0.3, -0.25) is 14.8 Å². The van der Waals surface area contributed by atoms with E-state index in [1.54, 1.807) is 33.9 Å². The summed E-state index contributed by atoms with van der Waals surface area (Å²) in [5, 5.41) is 11.2. The molecular weight excluding hydrogens is 374 g/mol. The van der Waals surface area contributed by atoms with Gasteiger partial charge in [-0.2, -0.15) is 10.2 Å². The first kappa shape index (κ1) is 18.9. The largest absolute Gasteiger partial charge is 0.447 e. The molecule has 9 heteroatoms. The Hall–Kier alpha value is -3.46. The number of hydrogen-bond acceptors (Lipinski definition) is 6. The van der Waals surface area contributed by atoms with E-state index >= 15 is 0 Å². The molecular formula is C20H21N5O4. The molecule has 1 aliphatic rings. The first-order chi connectivity index (χ1) is 14.1. The average Bonchev–Trinajstić information content (AvgIpc) is 3.09. The summed E-state index contributed by atoms with van der Waals surface area (Å²) in [6, 6.07) is 8.72. The van der Waals surface area contributed by atoms with Crippen LogP contribution in [0.2, 0.25) is 0 Å². The second kappa shape index (κ2) is 8.27. The molecule has 0 bridgehead atoms. The van der Waals surface area contributed by atoms with Gasteiger partial charge in [0.25, 0.3) is 0 Å². The molecule has 3 heterocycles. The summed E-state index contributed by atoms with van der Waals surface area (Å²) >= 11 is 0. The molecule has 29 heavy (non-hydrogen) atoms. The molecule has 1 atom stereocenters. The van der Waals surface area contributed by atoms with Crippen LogP contribution in [0.1, 0.15) is 17.7 Å². The molecule has 1 N–H and O–H groups in total. The minimum absolute atomic E-state index is 0.00164. The van der Waals surface area contributed by atoms with Gasteiger partial charge in [-0.05, 0) is 17.7 Å². The predicted octanol–water partition coefficient (Wildman–Crippen LogP) is 1.89. The van der Waals surface area contributed by atoms with E-state index in [0.29, 0.717) is 24.4 Å². The van der Waals surface area contributed by atoms with Gasteiger partial charge in [0.1, 0.15) is 18.0 Å². The van der Waals surface area contributed by atoms with Crippen molar-refractivity contribution in [3.8, 4) is 5.69 Å². The Balaban J connectivity index is 1.44. The normalized spacial score (nSPS) is 15.6. The molecule has 0 radical (unpaired) electrons. The highest BCUT2D eigenvalue weighted by Crippen LogP contribution is 2.15. The van der Waals surface area contributed by atoms with Gasteiger partial charge >= 0.3 is 6.09 Å². The molecule has 1 saturated heterocycles. The number of aromatic nitrogens is 4. The number of nitrogens with zero attached hydrogens (tertiary/aromatic N) is 4. The summed E-state index contributed by atoms with van der Waals surface area (Å²) in [6.07, 6.45) is 5.80. The number of ether oxygens (including phenoxy) is 2. The van der Waals surface area contributed by atoms with Crippen LogP contribution in [0.3, 0.4) is 0 Å². The van der Waals surface area contributed by atoms with E-state index in [2.05, 4.69) is 15.5 Å². The molecule has 0 aliphatic carbocycles. The lowest BCUT2D eigenvalue weighted by Crippen LogP contribution is -2.33. The van der Waals surface area contributed by atoms with Gasteiger partial charge in [0, 0.05) is 44.4 Å². The molecule has 4 rings (SSSR count). The van der Waals surface area contributed by atoms with Crippen LogP contribution < -0.4 is 10.7 Å². The number of carbonyl (C=O) groups excluding carboxylic acids is 1. The minimum Gasteiger partial charge on any atom is -0.447 e. The monoisotopic (exact) mass is 395 g/mol. The van der Waals surface area contributed by atoms with Crippen molar-refractivity contribution >= 4 is 11.8 Å². The lowest BCUT2D eigenvalue weighted by Gasteiger charge is -2.25. The third-order valence-corrected chi connectivity index (χ3v) is 4.57. The van der Waals surface area contributed by atoms with Crippen LogP contribution in [-0.2, 0) is 22.9 Å². The number of amides is 1. The van der Waals surface area contributed by atoms with Gasteiger partial charge in [-0.15, -0.1) is 0 Å². The van der Waals surface area contributed by atoms with Crippen molar-refractivity contribution < 1.29 is 14.3 Å². The maximum atomic E-state index is 12.3. The number of hydrogen-bond donors (Lipinski definition) is 1. The summed E-state index contributed by atoms with van der Waals surface area (Å²) in [7, 11) is 1.82. The maximum absolute atomic E-state index is 12.3. The molecule has 3 aromatic rings. The number of nitrogens with one attached hydrogen (secondary N) is 1. The summed E-state index contributed by atoms with van der Waals surface area (Å²) in [5.74, 6) is 0. The van der Waals surface area contributed by atoms with Crippen molar-refractivity contribution in [2.75, 3.05) is 18.5 Å². The number of benzene rings is 1. The zero-order valence-corrected chi connectivity index (χ0v) is 15.9. The van der Waals surface area contributed by atoms with Crippen LogP contribution in [0.4, 0.5) is 10.5 Å². The first-order valence-electron chi connectivity index (χ1n) is 9.29. The third-order valence-electron chi connectivity index (χ3n) is 4.57. The topological polar surface area (TPSA) is 100 Å². The third kappa shape index (κ3) is 4.69. The Kier molecular flexibility index (Phi) is 5.39. The van der Waals surface area contributed by atoms with Crippen molar-refractivity contribution in [3.63, 3.8) is 0 Å². The summed E-state index contributed by atoms with van der Waals surface area (Å²) in [4.78, 5) is 24.2. The Morgan fingerprint density at radius 3 is 2.97 bits per heavy atom. The van der Waals surface area contributed by atoms with E-state index in [1.165, 1.54) is 6.07 Å².